The van der Waals surface area contributed by atoms with Gasteiger partial charge in [0.25, 0.3) is 5.91 Å². The molecular formula is C29H34FN3O3S. The number of halogens is 1. The van der Waals surface area contributed by atoms with Gasteiger partial charge in [0.05, 0.1) is 6.04 Å². The zero-order chi connectivity index (χ0) is 26.5. The molecule has 0 bridgehead atoms. The normalized spacial score (nSPS) is 15.0. The maximum absolute atomic E-state index is 14.2. The fourth-order valence-electron chi connectivity index (χ4n) is 4.75. The highest BCUT2D eigenvalue weighted by Gasteiger charge is 2.32. The molecule has 0 aliphatic carbocycles. The van der Waals surface area contributed by atoms with Crippen LogP contribution in [0.2, 0.25) is 0 Å². The molecule has 0 spiro atoms. The summed E-state index contributed by atoms with van der Waals surface area (Å²) < 4.78 is 20.3. The maximum atomic E-state index is 14.2. The van der Waals surface area contributed by atoms with E-state index in [2.05, 4.69) is 4.98 Å². The standard InChI is InChI=1S/C29H34FN3O3S/c1-5-32(6-2)29(35)25-18-37-26(31-25)17-36-23-11-10-20-12-13-33(27(34)14-19(3)4)28(24(20)16-23)21-8-7-9-22(30)15-21/h7-11,15-16,18-19,28H,5-6,12-14,17H2,1-4H3. The minimum Gasteiger partial charge on any atom is -0.486 e. The Morgan fingerprint density at radius 1 is 1.19 bits per heavy atom. The van der Waals surface area contributed by atoms with Crippen LogP contribution in [0.15, 0.2) is 47.8 Å². The number of aromatic nitrogens is 1. The summed E-state index contributed by atoms with van der Waals surface area (Å²) in [6.07, 6.45) is 1.17. The lowest BCUT2D eigenvalue weighted by molar-refractivity contribution is -0.134. The molecule has 1 atom stereocenters. The molecule has 1 unspecified atom stereocenters. The summed E-state index contributed by atoms with van der Waals surface area (Å²) in [6, 6.07) is 12.0. The number of thiazole rings is 1. The number of carbonyl (C=O) groups excluding carboxylic acids is 2. The van der Waals surface area contributed by atoms with E-state index in [0.717, 1.165) is 23.1 Å². The summed E-state index contributed by atoms with van der Waals surface area (Å²) in [6.45, 7) is 10.0. The Kier molecular flexibility index (Phi) is 8.59. The van der Waals surface area contributed by atoms with Crippen molar-refractivity contribution < 1.29 is 18.7 Å². The van der Waals surface area contributed by atoms with Gasteiger partial charge in [-0.15, -0.1) is 11.3 Å². The van der Waals surface area contributed by atoms with Crippen LogP contribution in [0.5, 0.6) is 5.75 Å². The number of hydrogen-bond acceptors (Lipinski definition) is 5. The third-order valence-corrected chi connectivity index (χ3v) is 7.42. The van der Waals surface area contributed by atoms with Crippen molar-refractivity contribution in [3.05, 3.63) is 81.1 Å². The van der Waals surface area contributed by atoms with Gasteiger partial charge in [0.2, 0.25) is 5.91 Å². The fourth-order valence-corrected chi connectivity index (χ4v) is 5.43. The SMILES string of the molecule is CCN(CC)C(=O)c1csc(COc2ccc3c(c2)C(c2cccc(F)c2)N(C(=O)CC(C)C)CC3)n1. The van der Waals surface area contributed by atoms with Gasteiger partial charge in [-0.1, -0.05) is 32.0 Å². The van der Waals surface area contributed by atoms with E-state index >= 15 is 0 Å². The Hall–Kier alpha value is -3.26. The van der Waals surface area contributed by atoms with Gasteiger partial charge < -0.3 is 14.5 Å². The topological polar surface area (TPSA) is 62.7 Å². The lowest BCUT2D eigenvalue weighted by Crippen LogP contribution is -2.41. The van der Waals surface area contributed by atoms with Gasteiger partial charge in [-0.3, -0.25) is 9.59 Å². The Morgan fingerprint density at radius 3 is 2.68 bits per heavy atom. The van der Waals surface area contributed by atoms with Crippen LogP contribution < -0.4 is 4.74 Å². The predicted octanol–water partition coefficient (Wildman–Crippen LogP) is 5.86. The van der Waals surface area contributed by atoms with E-state index in [-0.39, 0.29) is 36.2 Å². The van der Waals surface area contributed by atoms with Crippen LogP contribution in [0, 0.1) is 11.7 Å². The molecular weight excluding hydrogens is 489 g/mol. The molecule has 2 amide bonds. The van der Waals surface area contributed by atoms with E-state index in [1.807, 2.05) is 56.9 Å². The molecule has 1 aliphatic rings. The van der Waals surface area contributed by atoms with Crippen LogP contribution in [-0.2, 0) is 17.8 Å². The first kappa shape index (κ1) is 26.8. The number of rotatable bonds is 9. The highest BCUT2D eigenvalue weighted by Crippen LogP contribution is 2.38. The second-order valence-electron chi connectivity index (χ2n) is 9.65. The number of hydrogen-bond donors (Lipinski definition) is 0. The number of nitrogens with zero attached hydrogens (tertiary/aromatic N) is 3. The molecule has 0 saturated heterocycles. The van der Waals surface area contributed by atoms with E-state index in [1.54, 1.807) is 16.3 Å². The first-order valence-corrected chi connectivity index (χ1v) is 13.7. The van der Waals surface area contributed by atoms with Crippen molar-refractivity contribution >= 4 is 23.2 Å². The first-order chi connectivity index (χ1) is 17.8. The summed E-state index contributed by atoms with van der Waals surface area (Å²) in [7, 11) is 0. The van der Waals surface area contributed by atoms with Gasteiger partial charge in [-0.2, -0.15) is 0 Å². The van der Waals surface area contributed by atoms with Gasteiger partial charge in [0, 0.05) is 31.4 Å². The van der Waals surface area contributed by atoms with Crippen LogP contribution in [-0.4, -0.2) is 46.2 Å². The average Bonchev–Trinajstić information content (AvgIpc) is 3.36. The Morgan fingerprint density at radius 2 is 1.97 bits per heavy atom. The van der Waals surface area contributed by atoms with Gasteiger partial charge in [0.1, 0.15) is 28.9 Å². The Labute approximate surface area is 222 Å². The molecule has 0 N–H and O–H groups in total. The van der Waals surface area contributed by atoms with Crippen LogP contribution in [0.4, 0.5) is 4.39 Å². The maximum Gasteiger partial charge on any atom is 0.273 e. The lowest BCUT2D eigenvalue weighted by atomic mass is 9.87. The summed E-state index contributed by atoms with van der Waals surface area (Å²) >= 11 is 1.40. The molecule has 6 nitrogen and oxygen atoms in total. The van der Waals surface area contributed by atoms with Gasteiger partial charge in [0.15, 0.2) is 0 Å². The van der Waals surface area contributed by atoms with Crippen molar-refractivity contribution in [2.45, 2.75) is 53.2 Å². The number of fused-ring (bicyclic) bond motifs is 1. The third kappa shape index (κ3) is 6.18. The molecule has 3 aromatic rings. The van der Waals surface area contributed by atoms with Crippen LogP contribution in [0.25, 0.3) is 0 Å². The Bertz CT molecular complexity index is 1250. The van der Waals surface area contributed by atoms with Gasteiger partial charge in [-0.05, 0) is 67.1 Å². The summed E-state index contributed by atoms with van der Waals surface area (Å²) in [5.74, 6) is 0.533. The molecule has 0 fully saturated rings. The summed E-state index contributed by atoms with van der Waals surface area (Å²) in [4.78, 5) is 33.8. The monoisotopic (exact) mass is 523 g/mol. The molecule has 1 aromatic heterocycles. The molecule has 1 aliphatic heterocycles. The molecule has 4 rings (SSSR count). The van der Waals surface area contributed by atoms with Crippen molar-refractivity contribution in [2.24, 2.45) is 5.92 Å². The highest BCUT2D eigenvalue weighted by molar-refractivity contribution is 7.09. The number of amides is 2. The molecule has 0 radical (unpaired) electrons. The van der Waals surface area contributed by atoms with Crippen molar-refractivity contribution in [1.82, 2.24) is 14.8 Å². The van der Waals surface area contributed by atoms with E-state index in [4.69, 9.17) is 4.74 Å². The molecule has 8 heteroatoms. The van der Waals surface area contributed by atoms with Crippen LogP contribution >= 0.6 is 11.3 Å². The predicted molar refractivity (Wildman–Crippen MR) is 143 cm³/mol. The lowest BCUT2D eigenvalue weighted by Gasteiger charge is -2.38. The second-order valence-corrected chi connectivity index (χ2v) is 10.6. The molecule has 2 heterocycles. The van der Waals surface area contributed by atoms with Crippen molar-refractivity contribution in [1.29, 1.82) is 0 Å². The van der Waals surface area contributed by atoms with Gasteiger partial charge >= 0.3 is 0 Å². The van der Waals surface area contributed by atoms with Crippen molar-refractivity contribution in [3.8, 4) is 5.75 Å². The zero-order valence-electron chi connectivity index (χ0n) is 21.9. The van der Waals surface area contributed by atoms with Crippen LogP contribution in [0.3, 0.4) is 0 Å². The highest BCUT2D eigenvalue weighted by atomic mass is 32.1. The first-order valence-electron chi connectivity index (χ1n) is 12.8. The third-order valence-electron chi connectivity index (χ3n) is 6.60. The molecule has 0 saturated carbocycles. The van der Waals surface area contributed by atoms with E-state index in [0.29, 0.717) is 42.5 Å². The molecule has 37 heavy (non-hydrogen) atoms. The van der Waals surface area contributed by atoms with E-state index < -0.39 is 0 Å². The smallest absolute Gasteiger partial charge is 0.273 e. The van der Waals surface area contributed by atoms with Crippen LogP contribution in [0.1, 0.15) is 72.3 Å². The fraction of sp³-hybridized carbons (Fsp3) is 0.414. The van der Waals surface area contributed by atoms with Crippen molar-refractivity contribution in [3.63, 3.8) is 0 Å². The van der Waals surface area contributed by atoms with E-state index in [9.17, 15) is 14.0 Å². The average molecular weight is 524 g/mol. The minimum absolute atomic E-state index is 0.0643. The number of carbonyl (C=O) groups is 2. The summed E-state index contributed by atoms with van der Waals surface area (Å²) in [5, 5.41) is 2.48. The second kappa shape index (κ2) is 11.9. The van der Waals surface area contributed by atoms with E-state index in [1.165, 1.54) is 23.5 Å². The van der Waals surface area contributed by atoms with Gasteiger partial charge in [-0.25, -0.2) is 9.37 Å². The number of benzene rings is 2. The largest absolute Gasteiger partial charge is 0.486 e. The molecule has 196 valence electrons. The summed E-state index contributed by atoms with van der Waals surface area (Å²) in [5.41, 5.74) is 3.25. The number of ether oxygens (including phenoxy) is 1. The minimum atomic E-state index is -0.382. The van der Waals surface area contributed by atoms with Crippen molar-refractivity contribution in [2.75, 3.05) is 19.6 Å². The zero-order valence-corrected chi connectivity index (χ0v) is 22.7. The quantitative estimate of drug-likeness (QED) is 0.352. The molecule has 2 aromatic carbocycles. The Balaban J connectivity index is 1.58.